The molecule has 2 heterocycles. The second-order valence-electron chi connectivity index (χ2n) is 3.47. The highest BCUT2D eigenvalue weighted by Crippen LogP contribution is 2.15. The number of aromatic nitrogens is 2. The minimum Gasteiger partial charge on any atom is -0.388 e. The molecule has 0 saturated carbocycles. The van der Waals surface area contributed by atoms with Crippen LogP contribution in [-0.4, -0.2) is 34.1 Å². The van der Waals surface area contributed by atoms with Crippen molar-refractivity contribution in [2.75, 3.05) is 13.1 Å². The van der Waals surface area contributed by atoms with Gasteiger partial charge in [0.2, 0.25) is 0 Å². The van der Waals surface area contributed by atoms with E-state index in [1.54, 1.807) is 0 Å². The van der Waals surface area contributed by atoms with Crippen LogP contribution in [0.3, 0.4) is 0 Å². The van der Waals surface area contributed by atoms with Crippen molar-refractivity contribution in [1.82, 2.24) is 15.1 Å². The fourth-order valence-corrected chi connectivity index (χ4v) is 1.61. The molecule has 1 aromatic heterocycles. The van der Waals surface area contributed by atoms with E-state index in [0.29, 0.717) is 6.54 Å². The summed E-state index contributed by atoms with van der Waals surface area (Å²) in [5.41, 5.74) is 2.22. The van der Waals surface area contributed by atoms with Gasteiger partial charge in [-0.15, -0.1) is 0 Å². The van der Waals surface area contributed by atoms with Crippen LogP contribution in [0.15, 0.2) is 18.5 Å². The van der Waals surface area contributed by atoms with Gasteiger partial charge in [0.1, 0.15) is 0 Å². The Labute approximate surface area is 83.2 Å². The number of hydrogen-bond donors (Lipinski definition) is 2. The monoisotopic (exact) mass is 193 g/mol. The van der Waals surface area contributed by atoms with Crippen LogP contribution < -0.4 is 5.32 Å². The van der Waals surface area contributed by atoms with E-state index in [-0.39, 0.29) is 6.10 Å². The van der Waals surface area contributed by atoms with Crippen molar-refractivity contribution in [3.63, 3.8) is 0 Å². The SMILES string of the molecule is CCn1cc(C2=CC(O)CNC2)cn1. The van der Waals surface area contributed by atoms with Gasteiger partial charge >= 0.3 is 0 Å². The Morgan fingerprint density at radius 1 is 1.71 bits per heavy atom. The lowest BCUT2D eigenvalue weighted by molar-refractivity contribution is 0.217. The van der Waals surface area contributed by atoms with Crippen molar-refractivity contribution < 1.29 is 5.11 Å². The molecular formula is C10H15N3O. The smallest absolute Gasteiger partial charge is 0.0851 e. The quantitative estimate of drug-likeness (QED) is 0.708. The maximum Gasteiger partial charge on any atom is 0.0851 e. The zero-order valence-corrected chi connectivity index (χ0v) is 8.27. The van der Waals surface area contributed by atoms with E-state index in [9.17, 15) is 5.11 Å². The van der Waals surface area contributed by atoms with Gasteiger partial charge in [0.05, 0.1) is 12.3 Å². The summed E-state index contributed by atoms with van der Waals surface area (Å²) in [4.78, 5) is 0. The highest BCUT2D eigenvalue weighted by atomic mass is 16.3. The van der Waals surface area contributed by atoms with Crippen molar-refractivity contribution in [3.05, 3.63) is 24.0 Å². The molecule has 0 aliphatic carbocycles. The van der Waals surface area contributed by atoms with Gasteiger partial charge in [-0.05, 0) is 18.6 Å². The molecule has 1 atom stereocenters. The predicted molar refractivity (Wildman–Crippen MR) is 54.8 cm³/mol. The largest absolute Gasteiger partial charge is 0.388 e. The summed E-state index contributed by atoms with van der Waals surface area (Å²) in [6, 6.07) is 0. The molecule has 0 spiro atoms. The normalized spacial score (nSPS) is 22.1. The van der Waals surface area contributed by atoms with Crippen molar-refractivity contribution in [3.8, 4) is 0 Å². The summed E-state index contributed by atoms with van der Waals surface area (Å²) in [5.74, 6) is 0. The second-order valence-corrected chi connectivity index (χ2v) is 3.47. The fourth-order valence-electron chi connectivity index (χ4n) is 1.61. The molecule has 0 bridgehead atoms. The summed E-state index contributed by atoms with van der Waals surface area (Å²) in [6.07, 6.45) is 5.37. The van der Waals surface area contributed by atoms with E-state index in [0.717, 1.165) is 24.2 Å². The van der Waals surface area contributed by atoms with Gasteiger partial charge in [0.15, 0.2) is 0 Å². The van der Waals surface area contributed by atoms with Gasteiger partial charge in [-0.1, -0.05) is 0 Å². The first kappa shape index (κ1) is 9.43. The molecule has 4 heteroatoms. The number of hydrogen-bond acceptors (Lipinski definition) is 3. The number of rotatable bonds is 2. The Kier molecular flexibility index (Phi) is 2.65. The molecule has 1 aliphatic rings. The zero-order valence-electron chi connectivity index (χ0n) is 8.27. The average Bonchev–Trinajstić information content (AvgIpc) is 2.66. The molecule has 0 saturated heterocycles. The molecule has 0 radical (unpaired) electrons. The van der Waals surface area contributed by atoms with Gasteiger partial charge < -0.3 is 10.4 Å². The number of nitrogens with zero attached hydrogens (tertiary/aromatic N) is 2. The van der Waals surface area contributed by atoms with E-state index in [4.69, 9.17) is 0 Å². The van der Waals surface area contributed by atoms with E-state index in [2.05, 4.69) is 17.3 Å². The molecule has 1 aromatic rings. The molecule has 1 aliphatic heterocycles. The number of aryl methyl sites for hydroxylation is 1. The minimum absolute atomic E-state index is 0.372. The first-order valence-corrected chi connectivity index (χ1v) is 4.92. The number of nitrogens with one attached hydrogen (secondary N) is 1. The van der Waals surface area contributed by atoms with Crippen LogP contribution in [0, 0.1) is 0 Å². The van der Waals surface area contributed by atoms with Crippen LogP contribution in [0.2, 0.25) is 0 Å². The maximum atomic E-state index is 9.44. The first-order chi connectivity index (χ1) is 6.79. The molecule has 0 aromatic carbocycles. The average molecular weight is 193 g/mol. The highest BCUT2D eigenvalue weighted by Gasteiger charge is 2.12. The lowest BCUT2D eigenvalue weighted by Crippen LogP contribution is -2.31. The van der Waals surface area contributed by atoms with E-state index in [1.165, 1.54) is 0 Å². The third kappa shape index (κ3) is 1.86. The maximum absolute atomic E-state index is 9.44. The Morgan fingerprint density at radius 2 is 2.57 bits per heavy atom. The third-order valence-corrected chi connectivity index (χ3v) is 2.39. The Hall–Kier alpha value is -1.13. The number of aliphatic hydroxyl groups is 1. The standard InChI is InChI=1S/C10H15N3O/c1-2-13-7-9(5-12-13)8-3-10(14)6-11-4-8/h3,5,7,10-11,14H,2,4,6H2,1H3. The van der Waals surface area contributed by atoms with Crippen LogP contribution in [0.4, 0.5) is 0 Å². The first-order valence-electron chi connectivity index (χ1n) is 4.92. The molecule has 0 amide bonds. The summed E-state index contributed by atoms with van der Waals surface area (Å²) in [6.45, 7) is 4.39. The molecule has 2 rings (SSSR count). The Balaban J connectivity index is 2.21. The molecule has 2 N–H and O–H groups in total. The van der Waals surface area contributed by atoms with Gasteiger partial charge in [-0.25, -0.2) is 0 Å². The van der Waals surface area contributed by atoms with Gasteiger partial charge in [-0.2, -0.15) is 5.10 Å². The van der Waals surface area contributed by atoms with Crippen LogP contribution in [0.1, 0.15) is 12.5 Å². The summed E-state index contributed by atoms with van der Waals surface area (Å²) >= 11 is 0. The van der Waals surface area contributed by atoms with Gasteiger partial charge in [-0.3, -0.25) is 4.68 Å². The van der Waals surface area contributed by atoms with Crippen molar-refractivity contribution in [1.29, 1.82) is 0 Å². The van der Waals surface area contributed by atoms with E-state index >= 15 is 0 Å². The van der Waals surface area contributed by atoms with Crippen molar-refractivity contribution in [2.24, 2.45) is 0 Å². The molecular weight excluding hydrogens is 178 g/mol. The summed E-state index contributed by atoms with van der Waals surface area (Å²) < 4.78 is 1.89. The summed E-state index contributed by atoms with van der Waals surface area (Å²) in [5, 5.41) is 16.8. The lowest BCUT2D eigenvalue weighted by Gasteiger charge is -2.17. The van der Waals surface area contributed by atoms with Crippen LogP contribution >= 0.6 is 0 Å². The van der Waals surface area contributed by atoms with Gasteiger partial charge in [0, 0.05) is 31.4 Å². The topological polar surface area (TPSA) is 50.1 Å². The lowest BCUT2D eigenvalue weighted by atomic mass is 10.1. The summed E-state index contributed by atoms with van der Waals surface area (Å²) in [7, 11) is 0. The van der Waals surface area contributed by atoms with Crippen LogP contribution in [-0.2, 0) is 6.54 Å². The molecule has 14 heavy (non-hydrogen) atoms. The van der Waals surface area contributed by atoms with Gasteiger partial charge in [0.25, 0.3) is 0 Å². The van der Waals surface area contributed by atoms with E-state index < -0.39 is 0 Å². The number of aliphatic hydroxyl groups excluding tert-OH is 1. The molecule has 4 nitrogen and oxygen atoms in total. The Bertz CT molecular complexity index is 343. The minimum atomic E-state index is -0.372. The highest BCUT2D eigenvalue weighted by molar-refractivity contribution is 5.67. The third-order valence-electron chi connectivity index (χ3n) is 2.39. The Morgan fingerprint density at radius 3 is 3.21 bits per heavy atom. The second kappa shape index (κ2) is 3.94. The van der Waals surface area contributed by atoms with Crippen molar-refractivity contribution in [2.45, 2.75) is 19.6 Å². The number of β-amino-alcohol motifs (C(OH)–C–C–N with tert-alkyl or cyclic N) is 1. The van der Waals surface area contributed by atoms with E-state index in [1.807, 2.05) is 23.2 Å². The van der Waals surface area contributed by atoms with Crippen LogP contribution in [0.25, 0.3) is 5.57 Å². The molecule has 0 fully saturated rings. The predicted octanol–water partition coefficient (Wildman–Crippen LogP) is 0.251. The molecule has 76 valence electrons. The fraction of sp³-hybridized carbons (Fsp3) is 0.500. The van der Waals surface area contributed by atoms with Crippen LogP contribution in [0.5, 0.6) is 0 Å². The van der Waals surface area contributed by atoms with Crippen molar-refractivity contribution >= 4 is 5.57 Å². The zero-order chi connectivity index (χ0) is 9.97. The molecule has 1 unspecified atom stereocenters.